The van der Waals surface area contributed by atoms with Gasteiger partial charge >= 0.3 is 0 Å². The van der Waals surface area contributed by atoms with E-state index in [1.807, 2.05) is 0 Å². The molecule has 4 aliphatic rings. The Morgan fingerprint density at radius 1 is 0.542 bits per heavy atom. The Labute approximate surface area is 272 Å². The highest BCUT2D eigenvalue weighted by Gasteiger charge is 2.53. The summed E-state index contributed by atoms with van der Waals surface area (Å²) in [6, 6.07) is -1.51. The van der Waals surface area contributed by atoms with Gasteiger partial charge in [-0.2, -0.15) is 0 Å². The van der Waals surface area contributed by atoms with Gasteiger partial charge in [0.15, 0.2) is 25.2 Å². The van der Waals surface area contributed by atoms with Crippen LogP contribution in [0.1, 0.15) is 6.92 Å². The summed E-state index contributed by atoms with van der Waals surface area (Å²) < 4.78 is 38.1. The van der Waals surface area contributed by atoms with Gasteiger partial charge in [-0.3, -0.25) is 4.79 Å². The van der Waals surface area contributed by atoms with Crippen LogP contribution in [0.4, 0.5) is 0 Å². The quantitative estimate of drug-likeness (QED) is 0.0947. The van der Waals surface area contributed by atoms with Gasteiger partial charge in [-0.25, -0.2) is 0 Å². The van der Waals surface area contributed by atoms with Gasteiger partial charge in [-0.1, -0.05) is 0 Å². The van der Waals surface area contributed by atoms with E-state index in [4.69, 9.17) is 33.2 Å². The molecular formula is C26H45NO21. The van der Waals surface area contributed by atoms with E-state index in [1.165, 1.54) is 0 Å². The van der Waals surface area contributed by atoms with E-state index in [0.29, 0.717) is 0 Å². The first-order valence-electron chi connectivity index (χ1n) is 15.1. The first kappa shape index (κ1) is 39.5. The maximum absolute atomic E-state index is 11.9. The number of aliphatic hydroxyl groups excluding tert-OH is 13. The Bertz CT molecular complexity index is 1030. The Hall–Kier alpha value is -1.33. The lowest BCUT2D eigenvalue weighted by Crippen LogP contribution is -2.68. The fourth-order valence-corrected chi connectivity index (χ4v) is 5.83. The molecule has 4 aliphatic heterocycles. The summed E-state index contributed by atoms with van der Waals surface area (Å²) >= 11 is 0. The molecule has 4 rings (SSSR count). The molecule has 0 radical (unpaired) electrons. The highest BCUT2D eigenvalue weighted by Crippen LogP contribution is 2.32. The lowest BCUT2D eigenvalue weighted by atomic mass is 9.95. The molecule has 4 fully saturated rings. The van der Waals surface area contributed by atoms with Gasteiger partial charge < -0.3 is 105 Å². The van der Waals surface area contributed by atoms with Crippen molar-refractivity contribution in [3.8, 4) is 0 Å². The number of carbonyl (C=O) groups is 1. The van der Waals surface area contributed by atoms with Crippen molar-refractivity contribution < 1.29 is 104 Å². The minimum absolute atomic E-state index is 0.704. The predicted octanol–water partition coefficient (Wildman–Crippen LogP) is -9.61. The van der Waals surface area contributed by atoms with Gasteiger partial charge in [0, 0.05) is 6.92 Å². The smallest absolute Gasteiger partial charge is 0.217 e. The van der Waals surface area contributed by atoms with E-state index in [1.54, 1.807) is 0 Å². The van der Waals surface area contributed by atoms with Crippen molar-refractivity contribution in [1.29, 1.82) is 0 Å². The van der Waals surface area contributed by atoms with E-state index in [2.05, 4.69) is 5.32 Å². The maximum Gasteiger partial charge on any atom is 0.217 e. The summed E-state index contributed by atoms with van der Waals surface area (Å²) in [7, 11) is 0. The van der Waals surface area contributed by atoms with Gasteiger partial charge in [0.05, 0.1) is 26.4 Å². The second-order valence-electron chi connectivity index (χ2n) is 11.9. The molecule has 20 atom stereocenters. The van der Waals surface area contributed by atoms with E-state index < -0.39 is 155 Å². The number of hydrogen-bond donors (Lipinski definition) is 14. The number of hydrogen-bond acceptors (Lipinski definition) is 21. The second-order valence-corrected chi connectivity index (χ2v) is 11.9. The molecule has 1 unspecified atom stereocenters. The molecule has 1 amide bonds. The molecule has 0 aromatic heterocycles. The van der Waals surface area contributed by atoms with Crippen molar-refractivity contribution in [2.75, 3.05) is 26.4 Å². The number of ether oxygens (including phenoxy) is 7. The fourth-order valence-electron chi connectivity index (χ4n) is 5.83. The van der Waals surface area contributed by atoms with Crippen LogP contribution in [0.3, 0.4) is 0 Å². The summed E-state index contributed by atoms with van der Waals surface area (Å²) in [5, 5.41) is 136. The molecule has 280 valence electrons. The number of carbonyl (C=O) groups excluding carboxylic acids is 1. The lowest BCUT2D eigenvalue weighted by Gasteiger charge is -2.47. The van der Waals surface area contributed by atoms with E-state index in [9.17, 15) is 71.2 Å². The summed E-state index contributed by atoms with van der Waals surface area (Å²) in [5.41, 5.74) is 0. The molecule has 48 heavy (non-hydrogen) atoms. The van der Waals surface area contributed by atoms with Gasteiger partial charge in [0.25, 0.3) is 0 Å². The molecule has 0 spiro atoms. The third-order valence-electron chi connectivity index (χ3n) is 8.59. The summed E-state index contributed by atoms with van der Waals surface area (Å²) in [4.78, 5) is 11.9. The van der Waals surface area contributed by atoms with Gasteiger partial charge in [-0.05, 0) is 0 Å². The number of amides is 1. The second kappa shape index (κ2) is 16.8. The van der Waals surface area contributed by atoms with Crippen LogP contribution < -0.4 is 5.32 Å². The lowest BCUT2D eigenvalue weighted by molar-refractivity contribution is -0.366. The van der Waals surface area contributed by atoms with Gasteiger partial charge in [0.2, 0.25) is 5.91 Å². The molecule has 22 nitrogen and oxygen atoms in total. The molecule has 4 saturated heterocycles. The highest BCUT2D eigenvalue weighted by atomic mass is 16.7. The van der Waals surface area contributed by atoms with Crippen LogP contribution in [0.2, 0.25) is 0 Å². The zero-order chi connectivity index (χ0) is 35.6. The van der Waals surface area contributed by atoms with E-state index >= 15 is 0 Å². The Kier molecular flexibility index (Phi) is 13.8. The monoisotopic (exact) mass is 707 g/mol. The third-order valence-corrected chi connectivity index (χ3v) is 8.59. The average molecular weight is 708 g/mol. The molecule has 14 N–H and O–H groups in total. The highest BCUT2D eigenvalue weighted by molar-refractivity contribution is 5.73. The molecule has 0 aliphatic carbocycles. The topological polar surface area (TPSA) is 357 Å². The third kappa shape index (κ3) is 8.24. The molecule has 4 heterocycles. The van der Waals surface area contributed by atoms with Crippen LogP contribution in [-0.2, 0) is 38.0 Å². The van der Waals surface area contributed by atoms with Crippen molar-refractivity contribution in [3.63, 3.8) is 0 Å². The van der Waals surface area contributed by atoms with Crippen molar-refractivity contribution in [3.05, 3.63) is 0 Å². The van der Waals surface area contributed by atoms with Crippen LogP contribution in [0, 0.1) is 0 Å². The zero-order valence-corrected chi connectivity index (χ0v) is 25.5. The van der Waals surface area contributed by atoms with Crippen molar-refractivity contribution in [1.82, 2.24) is 5.32 Å². The van der Waals surface area contributed by atoms with Crippen LogP contribution >= 0.6 is 0 Å². The SMILES string of the molecule is CC(=O)N[C@H]1C(O)O[C@H](CO[C@@H]2O[C@H](CO)[C@H](O)[C@H](O[C@H]3O[C@H](CO)[C@H](O)[C@H](O)[C@H]3O)[C@H]2O)[C@H](O)[C@@H]1O[C@@H]1O[C@H](CO)[C@H](O)[C@H](O)[C@H]1O. The maximum atomic E-state index is 11.9. The molecular weight excluding hydrogens is 662 g/mol. The minimum Gasteiger partial charge on any atom is -0.394 e. The minimum atomic E-state index is -1.94. The summed E-state index contributed by atoms with van der Waals surface area (Å²) in [6.07, 6.45) is -33.1. The number of aliphatic hydroxyl groups is 13. The summed E-state index contributed by atoms with van der Waals surface area (Å²) in [6.45, 7) is -2.10. The number of rotatable bonds is 11. The fraction of sp³-hybridized carbons (Fsp3) is 0.962. The van der Waals surface area contributed by atoms with Crippen LogP contribution in [0.25, 0.3) is 0 Å². The standard InChI is InChI=1S/C26H45NO21/c1-6(31)27-11-21(47-25-18(38)16(36)12(32)7(2-28)45-25)15(35)10(43-23(11)41)5-42-24-20(40)22(14(34)9(4-30)44-24)48-26-19(39)17(37)13(33)8(3-29)46-26/h7-26,28-30,32-41H,2-5H2,1H3,(H,27,31)/t7-,8-,9-,10-,11-,12+,13+,14+,15+,16+,17+,18-,19-,20-,21-,22+,23?,24-,25+,26-/m1/s1. The Morgan fingerprint density at radius 2 is 0.979 bits per heavy atom. The molecule has 0 bridgehead atoms. The van der Waals surface area contributed by atoms with Crippen molar-refractivity contribution in [2.45, 2.75) is 130 Å². The van der Waals surface area contributed by atoms with E-state index in [0.717, 1.165) is 6.92 Å². The van der Waals surface area contributed by atoms with Crippen LogP contribution in [0.15, 0.2) is 0 Å². The predicted molar refractivity (Wildman–Crippen MR) is 145 cm³/mol. The summed E-state index contributed by atoms with van der Waals surface area (Å²) in [5.74, 6) is -0.704. The zero-order valence-electron chi connectivity index (χ0n) is 25.5. The molecule has 22 heteroatoms. The number of nitrogens with one attached hydrogen (secondary N) is 1. The van der Waals surface area contributed by atoms with Crippen LogP contribution in [0.5, 0.6) is 0 Å². The molecule has 0 aromatic carbocycles. The Balaban J connectivity index is 1.48. The van der Waals surface area contributed by atoms with Crippen LogP contribution in [-0.4, -0.2) is 221 Å². The molecule has 0 saturated carbocycles. The van der Waals surface area contributed by atoms with E-state index in [-0.39, 0.29) is 0 Å². The van der Waals surface area contributed by atoms with Crippen molar-refractivity contribution in [2.24, 2.45) is 0 Å². The average Bonchev–Trinajstić information content (AvgIpc) is 3.05. The largest absolute Gasteiger partial charge is 0.394 e. The first-order chi connectivity index (χ1) is 22.6. The first-order valence-corrected chi connectivity index (χ1v) is 15.1. The normalized spacial score (nSPS) is 50.2. The van der Waals surface area contributed by atoms with Gasteiger partial charge in [-0.15, -0.1) is 0 Å². The van der Waals surface area contributed by atoms with Gasteiger partial charge in [0.1, 0.15) is 97.6 Å². The molecule has 0 aromatic rings. The van der Waals surface area contributed by atoms with Crippen molar-refractivity contribution >= 4 is 5.91 Å². The Morgan fingerprint density at radius 3 is 1.46 bits per heavy atom.